The zero-order valence-electron chi connectivity index (χ0n) is 12.5. The maximum atomic E-state index is 12.3. The second-order valence-electron chi connectivity index (χ2n) is 5.35. The summed E-state index contributed by atoms with van der Waals surface area (Å²) in [5.74, 6) is 0.982. The van der Waals surface area contributed by atoms with E-state index in [4.69, 9.17) is 10.5 Å². The van der Waals surface area contributed by atoms with E-state index in [1.165, 1.54) is 5.56 Å². The number of hydrogen-bond donors (Lipinski definition) is 1. The summed E-state index contributed by atoms with van der Waals surface area (Å²) in [5, 5.41) is 0. The van der Waals surface area contributed by atoms with E-state index < -0.39 is 0 Å². The lowest BCUT2D eigenvalue weighted by Crippen LogP contribution is -2.52. The van der Waals surface area contributed by atoms with Gasteiger partial charge in [-0.3, -0.25) is 4.79 Å². The molecule has 0 saturated carbocycles. The first-order valence-corrected chi connectivity index (χ1v) is 8.79. The van der Waals surface area contributed by atoms with Crippen molar-refractivity contribution in [2.24, 2.45) is 5.73 Å². The van der Waals surface area contributed by atoms with Crippen LogP contribution in [0.5, 0.6) is 0 Å². The smallest absolute Gasteiger partial charge is 0.239 e. The van der Waals surface area contributed by atoms with Crippen molar-refractivity contribution >= 4 is 17.7 Å². The van der Waals surface area contributed by atoms with Crippen LogP contribution in [0, 0.1) is 0 Å². The highest BCUT2D eigenvalue weighted by Crippen LogP contribution is 2.13. The fourth-order valence-electron chi connectivity index (χ4n) is 2.52. The molecule has 0 radical (unpaired) electrons. The number of nitrogens with zero attached hydrogens (tertiary/aromatic N) is 1. The zero-order valence-corrected chi connectivity index (χ0v) is 13.3. The average Bonchev–Trinajstić information content (AvgIpc) is 2.53. The third-order valence-electron chi connectivity index (χ3n) is 3.71. The highest BCUT2D eigenvalue weighted by atomic mass is 32.2. The molecule has 0 bridgehead atoms. The van der Waals surface area contributed by atoms with Crippen LogP contribution in [0.25, 0.3) is 0 Å². The summed E-state index contributed by atoms with van der Waals surface area (Å²) in [6, 6.07) is 9.86. The quantitative estimate of drug-likeness (QED) is 0.866. The minimum Gasteiger partial charge on any atom is -0.374 e. The highest BCUT2D eigenvalue weighted by molar-refractivity contribution is 7.98. The second kappa shape index (κ2) is 8.41. The Morgan fingerprint density at radius 2 is 2.24 bits per heavy atom. The van der Waals surface area contributed by atoms with Gasteiger partial charge in [0.2, 0.25) is 5.91 Å². The average molecular weight is 308 g/mol. The Morgan fingerprint density at radius 1 is 1.48 bits per heavy atom. The molecule has 1 amide bonds. The number of carbonyl (C=O) groups is 1. The van der Waals surface area contributed by atoms with Crippen LogP contribution < -0.4 is 5.73 Å². The lowest BCUT2D eigenvalue weighted by Gasteiger charge is -2.34. The Hall–Kier alpha value is -1.04. The van der Waals surface area contributed by atoms with Crippen molar-refractivity contribution in [3.8, 4) is 0 Å². The molecule has 21 heavy (non-hydrogen) atoms. The van der Waals surface area contributed by atoms with Gasteiger partial charge in [0.25, 0.3) is 0 Å². The van der Waals surface area contributed by atoms with Crippen molar-refractivity contribution in [2.75, 3.05) is 31.7 Å². The Bertz CT molecular complexity index is 441. The SMILES string of the molecule is CSCC[C@@H](N)C(=O)N1CCO[C@H](Cc2ccccc2)C1. The van der Waals surface area contributed by atoms with Crippen LogP contribution in [0.3, 0.4) is 0 Å². The lowest BCUT2D eigenvalue weighted by atomic mass is 10.1. The number of benzene rings is 1. The third-order valence-corrected chi connectivity index (χ3v) is 4.35. The molecule has 2 atom stereocenters. The Labute approximate surface area is 131 Å². The highest BCUT2D eigenvalue weighted by Gasteiger charge is 2.27. The molecule has 0 spiro atoms. The number of carbonyl (C=O) groups excluding carboxylic acids is 1. The number of rotatable bonds is 6. The van der Waals surface area contributed by atoms with Gasteiger partial charge in [0, 0.05) is 19.5 Å². The molecule has 116 valence electrons. The Morgan fingerprint density at radius 3 is 2.95 bits per heavy atom. The van der Waals surface area contributed by atoms with E-state index in [-0.39, 0.29) is 18.1 Å². The van der Waals surface area contributed by atoms with Crippen LogP contribution in [0.15, 0.2) is 30.3 Å². The minimum absolute atomic E-state index is 0.0606. The van der Waals surface area contributed by atoms with Crippen LogP contribution in [-0.2, 0) is 16.0 Å². The van der Waals surface area contributed by atoms with Gasteiger partial charge in [-0.25, -0.2) is 0 Å². The van der Waals surface area contributed by atoms with Gasteiger partial charge in [-0.2, -0.15) is 11.8 Å². The van der Waals surface area contributed by atoms with Gasteiger partial charge >= 0.3 is 0 Å². The summed E-state index contributed by atoms with van der Waals surface area (Å²) in [7, 11) is 0. The Balaban J connectivity index is 1.86. The van der Waals surface area contributed by atoms with Gasteiger partial charge in [-0.1, -0.05) is 30.3 Å². The van der Waals surface area contributed by atoms with Crippen molar-refractivity contribution in [3.05, 3.63) is 35.9 Å². The first-order chi connectivity index (χ1) is 10.2. The first-order valence-electron chi connectivity index (χ1n) is 7.39. The summed E-state index contributed by atoms with van der Waals surface area (Å²) >= 11 is 1.72. The zero-order chi connectivity index (χ0) is 15.1. The van der Waals surface area contributed by atoms with E-state index >= 15 is 0 Å². The molecule has 0 aromatic heterocycles. The normalized spacial score (nSPS) is 20.3. The molecule has 1 saturated heterocycles. The molecule has 1 aliphatic heterocycles. The number of ether oxygens (including phenoxy) is 1. The van der Waals surface area contributed by atoms with Gasteiger partial charge in [-0.05, 0) is 24.0 Å². The maximum absolute atomic E-state index is 12.3. The van der Waals surface area contributed by atoms with Gasteiger partial charge < -0.3 is 15.4 Å². The number of amides is 1. The second-order valence-corrected chi connectivity index (χ2v) is 6.34. The van der Waals surface area contributed by atoms with Crippen LogP contribution in [0.4, 0.5) is 0 Å². The van der Waals surface area contributed by atoms with E-state index in [2.05, 4.69) is 12.1 Å². The van der Waals surface area contributed by atoms with Crippen molar-refractivity contribution in [3.63, 3.8) is 0 Å². The standard InChI is InChI=1S/C16H24N2O2S/c1-21-10-7-15(17)16(19)18-8-9-20-14(12-18)11-13-5-3-2-4-6-13/h2-6,14-15H,7-12,17H2,1H3/t14-,15-/m1/s1. The summed E-state index contributed by atoms with van der Waals surface area (Å²) in [5.41, 5.74) is 7.23. The first kappa shape index (κ1) is 16.3. The van der Waals surface area contributed by atoms with E-state index in [1.807, 2.05) is 29.4 Å². The molecule has 2 rings (SSSR count). The monoisotopic (exact) mass is 308 g/mol. The molecular weight excluding hydrogens is 284 g/mol. The van der Waals surface area contributed by atoms with Gasteiger partial charge in [0.1, 0.15) is 0 Å². The number of morpholine rings is 1. The van der Waals surface area contributed by atoms with Crippen LogP contribution >= 0.6 is 11.8 Å². The topological polar surface area (TPSA) is 55.6 Å². The summed E-state index contributed by atoms with van der Waals surface area (Å²) in [6.07, 6.45) is 3.67. The van der Waals surface area contributed by atoms with Crippen molar-refractivity contribution in [1.82, 2.24) is 4.90 Å². The van der Waals surface area contributed by atoms with Crippen LogP contribution in [-0.4, -0.2) is 54.7 Å². The molecule has 5 heteroatoms. The van der Waals surface area contributed by atoms with E-state index in [0.29, 0.717) is 19.7 Å². The van der Waals surface area contributed by atoms with Crippen LogP contribution in [0.2, 0.25) is 0 Å². The minimum atomic E-state index is -0.382. The fraction of sp³-hybridized carbons (Fsp3) is 0.562. The summed E-state index contributed by atoms with van der Waals surface area (Å²) in [6.45, 7) is 1.89. The lowest BCUT2D eigenvalue weighted by molar-refractivity contribution is -0.140. The van der Waals surface area contributed by atoms with E-state index in [1.54, 1.807) is 11.8 Å². The number of hydrogen-bond acceptors (Lipinski definition) is 4. The van der Waals surface area contributed by atoms with Crippen molar-refractivity contribution in [1.29, 1.82) is 0 Å². The largest absolute Gasteiger partial charge is 0.374 e. The predicted octanol–water partition coefficient (Wildman–Crippen LogP) is 1.54. The molecule has 1 fully saturated rings. The maximum Gasteiger partial charge on any atom is 0.239 e. The molecular formula is C16H24N2O2S. The summed E-state index contributed by atoms with van der Waals surface area (Å²) < 4.78 is 5.78. The number of nitrogens with two attached hydrogens (primary N) is 1. The summed E-state index contributed by atoms with van der Waals surface area (Å²) in [4.78, 5) is 14.2. The van der Waals surface area contributed by atoms with Crippen molar-refractivity contribution in [2.45, 2.75) is 25.0 Å². The van der Waals surface area contributed by atoms with E-state index in [9.17, 15) is 4.79 Å². The predicted molar refractivity (Wildman–Crippen MR) is 87.4 cm³/mol. The van der Waals surface area contributed by atoms with Gasteiger partial charge in [0.15, 0.2) is 0 Å². The molecule has 1 aromatic carbocycles. The van der Waals surface area contributed by atoms with Crippen molar-refractivity contribution < 1.29 is 9.53 Å². The fourth-order valence-corrected chi connectivity index (χ4v) is 3.01. The van der Waals surface area contributed by atoms with Crippen LogP contribution in [0.1, 0.15) is 12.0 Å². The van der Waals surface area contributed by atoms with E-state index in [0.717, 1.165) is 18.6 Å². The molecule has 4 nitrogen and oxygen atoms in total. The molecule has 0 unspecified atom stereocenters. The third kappa shape index (κ3) is 5.02. The van der Waals surface area contributed by atoms with Gasteiger partial charge in [-0.15, -0.1) is 0 Å². The molecule has 0 aliphatic carbocycles. The molecule has 1 aromatic rings. The van der Waals surface area contributed by atoms with Gasteiger partial charge in [0.05, 0.1) is 18.8 Å². The number of thioether (sulfide) groups is 1. The molecule has 2 N–H and O–H groups in total. The Kier molecular flexibility index (Phi) is 6.54. The molecule has 1 aliphatic rings. The molecule has 1 heterocycles.